The molecule has 2 saturated heterocycles. The van der Waals surface area contributed by atoms with Crippen molar-refractivity contribution in [1.82, 2.24) is 19.6 Å². The van der Waals surface area contributed by atoms with E-state index in [0.717, 1.165) is 19.5 Å². The predicted octanol–water partition coefficient (Wildman–Crippen LogP) is 0.645. The third kappa shape index (κ3) is 2.04. The van der Waals surface area contributed by atoms with Crippen LogP contribution in [0.5, 0.6) is 0 Å². The fourth-order valence-corrected chi connectivity index (χ4v) is 3.73. The van der Waals surface area contributed by atoms with E-state index in [4.69, 9.17) is 0 Å². The van der Waals surface area contributed by atoms with Gasteiger partial charge in [0.1, 0.15) is 5.69 Å². The minimum absolute atomic E-state index is 0.00331. The number of hydrogen-bond acceptors (Lipinski definition) is 3. The van der Waals surface area contributed by atoms with Crippen molar-refractivity contribution in [3.63, 3.8) is 0 Å². The number of carbonyl (C=O) groups is 2. The van der Waals surface area contributed by atoms with Crippen LogP contribution in [-0.4, -0.2) is 56.6 Å². The lowest BCUT2D eigenvalue weighted by molar-refractivity contribution is -0.129. The summed E-state index contributed by atoms with van der Waals surface area (Å²) in [4.78, 5) is 28.8. The second-order valence-electron chi connectivity index (χ2n) is 6.46. The van der Waals surface area contributed by atoms with Gasteiger partial charge in [0.05, 0.1) is 12.1 Å². The predicted molar refractivity (Wildman–Crippen MR) is 75.5 cm³/mol. The fraction of sp³-hybridized carbons (Fsp3) is 0.667. The SMILES string of the molecule is Cn1nccc1C(=O)N1CC[C@@H]2[C@H]1CC(=O)N2CC1CC1. The molecule has 3 fully saturated rings. The second kappa shape index (κ2) is 4.58. The molecule has 0 spiro atoms. The molecule has 6 nitrogen and oxygen atoms in total. The Morgan fingerprint density at radius 2 is 2.14 bits per heavy atom. The van der Waals surface area contributed by atoms with Crippen molar-refractivity contribution in [2.75, 3.05) is 13.1 Å². The molecule has 21 heavy (non-hydrogen) atoms. The van der Waals surface area contributed by atoms with Gasteiger partial charge in [0.2, 0.25) is 5.91 Å². The summed E-state index contributed by atoms with van der Waals surface area (Å²) in [6, 6.07) is 2.03. The molecular weight excluding hydrogens is 268 g/mol. The normalized spacial score (nSPS) is 28.3. The van der Waals surface area contributed by atoms with Gasteiger partial charge in [0, 0.05) is 32.8 Å². The van der Waals surface area contributed by atoms with Crippen LogP contribution in [0.2, 0.25) is 0 Å². The quantitative estimate of drug-likeness (QED) is 0.820. The lowest BCUT2D eigenvalue weighted by Gasteiger charge is -2.25. The first kappa shape index (κ1) is 12.9. The van der Waals surface area contributed by atoms with Crippen LogP contribution in [0.1, 0.15) is 36.2 Å². The molecule has 3 heterocycles. The Morgan fingerprint density at radius 3 is 2.81 bits per heavy atom. The van der Waals surface area contributed by atoms with Crippen molar-refractivity contribution >= 4 is 11.8 Å². The number of amides is 2. The Morgan fingerprint density at radius 1 is 1.33 bits per heavy atom. The summed E-state index contributed by atoms with van der Waals surface area (Å²) >= 11 is 0. The largest absolute Gasteiger partial charge is 0.337 e. The van der Waals surface area contributed by atoms with Crippen LogP contribution in [0.15, 0.2) is 12.3 Å². The van der Waals surface area contributed by atoms with E-state index in [2.05, 4.69) is 5.10 Å². The Kier molecular flexibility index (Phi) is 2.80. The van der Waals surface area contributed by atoms with Crippen LogP contribution in [0, 0.1) is 5.92 Å². The van der Waals surface area contributed by atoms with Gasteiger partial charge in [-0.2, -0.15) is 5.10 Å². The van der Waals surface area contributed by atoms with Gasteiger partial charge in [-0.05, 0) is 31.2 Å². The molecule has 1 aliphatic carbocycles. The van der Waals surface area contributed by atoms with Crippen molar-refractivity contribution in [2.24, 2.45) is 13.0 Å². The maximum Gasteiger partial charge on any atom is 0.272 e. The summed E-state index contributed by atoms with van der Waals surface area (Å²) in [5.74, 6) is 0.928. The summed E-state index contributed by atoms with van der Waals surface area (Å²) < 4.78 is 1.61. The zero-order valence-corrected chi connectivity index (χ0v) is 12.2. The molecule has 2 atom stereocenters. The highest BCUT2D eigenvalue weighted by Gasteiger charge is 2.49. The maximum atomic E-state index is 12.7. The van der Waals surface area contributed by atoms with Crippen LogP contribution < -0.4 is 0 Å². The van der Waals surface area contributed by atoms with Crippen LogP contribution in [-0.2, 0) is 11.8 Å². The average Bonchev–Trinajstić information content (AvgIpc) is 2.90. The van der Waals surface area contributed by atoms with E-state index in [-0.39, 0.29) is 23.9 Å². The van der Waals surface area contributed by atoms with Gasteiger partial charge >= 0.3 is 0 Å². The van der Waals surface area contributed by atoms with E-state index in [1.165, 1.54) is 12.8 Å². The highest BCUT2D eigenvalue weighted by atomic mass is 16.2. The van der Waals surface area contributed by atoms with E-state index >= 15 is 0 Å². The first-order chi connectivity index (χ1) is 10.1. The molecule has 112 valence electrons. The molecule has 0 bridgehead atoms. The van der Waals surface area contributed by atoms with Gasteiger partial charge in [-0.1, -0.05) is 0 Å². The van der Waals surface area contributed by atoms with Crippen molar-refractivity contribution in [2.45, 2.75) is 37.8 Å². The number of hydrogen-bond donors (Lipinski definition) is 0. The molecule has 0 radical (unpaired) electrons. The van der Waals surface area contributed by atoms with Gasteiger partial charge in [0.15, 0.2) is 0 Å². The van der Waals surface area contributed by atoms with Gasteiger partial charge < -0.3 is 9.80 Å². The minimum atomic E-state index is 0.00331. The number of aromatic nitrogens is 2. The van der Waals surface area contributed by atoms with E-state index in [1.807, 2.05) is 9.80 Å². The smallest absolute Gasteiger partial charge is 0.272 e. The number of rotatable bonds is 3. The molecule has 2 aliphatic heterocycles. The van der Waals surface area contributed by atoms with Gasteiger partial charge in [-0.15, -0.1) is 0 Å². The molecule has 0 N–H and O–H groups in total. The molecule has 1 aromatic rings. The fourth-order valence-electron chi connectivity index (χ4n) is 3.73. The molecule has 0 aromatic carbocycles. The lowest BCUT2D eigenvalue weighted by Crippen LogP contribution is -2.41. The highest BCUT2D eigenvalue weighted by Crippen LogP contribution is 2.37. The molecule has 0 unspecified atom stereocenters. The molecule has 1 saturated carbocycles. The first-order valence-corrected chi connectivity index (χ1v) is 7.73. The molecule has 2 amide bonds. The van der Waals surface area contributed by atoms with Crippen LogP contribution in [0.4, 0.5) is 0 Å². The Bertz CT molecular complexity index is 592. The van der Waals surface area contributed by atoms with Crippen molar-refractivity contribution in [3.05, 3.63) is 18.0 Å². The van der Waals surface area contributed by atoms with Crippen molar-refractivity contribution < 1.29 is 9.59 Å². The van der Waals surface area contributed by atoms with Crippen LogP contribution in [0.25, 0.3) is 0 Å². The summed E-state index contributed by atoms with van der Waals surface area (Å²) in [6.45, 7) is 1.64. The van der Waals surface area contributed by atoms with E-state index in [1.54, 1.807) is 24.0 Å². The Labute approximate surface area is 123 Å². The topological polar surface area (TPSA) is 58.4 Å². The third-order valence-corrected chi connectivity index (χ3v) is 5.07. The maximum absolute atomic E-state index is 12.7. The highest BCUT2D eigenvalue weighted by molar-refractivity contribution is 5.94. The summed E-state index contributed by atoms with van der Waals surface area (Å²) in [5, 5.41) is 4.06. The van der Waals surface area contributed by atoms with Crippen LogP contribution in [0.3, 0.4) is 0 Å². The van der Waals surface area contributed by atoms with Gasteiger partial charge in [0.25, 0.3) is 5.91 Å². The summed E-state index contributed by atoms with van der Waals surface area (Å²) in [7, 11) is 1.78. The third-order valence-electron chi connectivity index (χ3n) is 5.07. The minimum Gasteiger partial charge on any atom is -0.337 e. The number of likely N-dealkylation sites (tertiary alicyclic amines) is 2. The number of nitrogens with zero attached hydrogens (tertiary/aromatic N) is 4. The average molecular weight is 288 g/mol. The monoisotopic (exact) mass is 288 g/mol. The van der Waals surface area contributed by atoms with Crippen molar-refractivity contribution in [1.29, 1.82) is 0 Å². The second-order valence-corrected chi connectivity index (χ2v) is 6.46. The zero-order valence-electron chi connectivity index (χ0n) is 12.2. The zero-order chi connectivity index (χ0) is 14.6. The standard InChI is InChI=1S/C15H20N4O2/c1-17-12(4-6-16-17)15(21)18-7-5-11-13(18)8-14(20)19(11)9-10-2-3-10/h4,6,10-11,13H,2-3,5,7-9H2,1H3/t11-,13-/m1/s1. The van der Waals surface area contributed by atoms with Gasteiger partial charge in [-0.25, -0.2) is 0 Å². The summed E-state index contributed by atoms with van der Waals surface area (Å²) in [6.07, 6.45) is 5.53. The molecule has 1 aromatic heterocycles. The van der Waals surface area contributed by atoms with E-state index < -0.39 is 0 Å². The number of fused-ring (bicyclic) bond motifs is 1. The number of carbonyl (C=O) groups excluding carboxylic acids is 2. The van der Waals surface area contributed by atoms with E-state index in [0.29, 0.717) is 18.0 Å². The first-order valence-electron chi connectivity index (χ1n) is 7.73. The summed E-state index contributed by atoms with van der Waals surface area (Å²) in [5.41, 5.74) is 0.601. The Hall–Kier alpha value is -1.85. The Balaban J connectivity index is 1.53. The molecular formula is C15H20N4O2. The van der Waals surface area contributed by atoms with E-state index in [9.17, 15) is 9.59 Å². The van der Waals surface area contributed by atoms with Crippen LogP contribution >= 0.6 is 0 Å². The molecule has 3 aliphatic rings. The number of aryl methyl sites for hydroxylation is 1. The van der Waals surface area contributed by atoms with Crippen molar-refractivity contribution in [3.8, 4) is 0 Å². The molecule has 4 rings (SSSR count). The molecule has 6 heteroatoms. The van der Waals surface area contributed by atoms with Gasteiger partial charge in [-0.3, -0.25) is 14.3 Å². The lowest BCUT2D eigenvalue weighted by atomic mass is 10.1.